The van der Waals surface area contributed by atoms with Crippen LogP contribution in [0.25, 0.3) is 22.9 Å². The summed E-state index contributed by atoms with van der Waals surface area (Å²) >= 11 is 7.23. The van der Waals surface area contributed by atoms with E-state index >= 15 is 0 Å². The standard InChI is InChI=1S/C18H11ClN2OS/c19-14-7-5-12(6-8-14)9-13(10-20)18-21-16(11-23-18)15-3-1-2-4-17(15)22/h1-9,11,22H. The molecule has 0 aliphatic carbocycles. The molecular weight excluding hydrogens is 328 g/mol. The van der Waals surface area contributed by atoms with Crippen molar-refractivity contribution in [1.82, 2.24) is 4.98 Å². The molecule has 23 heavy (non-hydrogen) atoms. The fraction of sp³-hybridized carbons (Fsp3) is 0. The third-order valence-electron chi connectivity index (χ3n) is 3.22. The summed E-state index contributed by atoms with van der Waals surface area (Å²) in [6.07, 6.45) is 1.77. The summed E-state index contributed by atoms with van der Waals surface area (Å²) in [7, 11) is 0. The second-order valence-corrected chi connectivity index (χ2v) is 6.07. The maximum absolute atomic E-state index is 9.90. The van der Waals surface area contributed by atoms with Crippen LogP contribution in [0.3, 0.4) is 0 Å². The van der Waals surface area contributed by atoms with Crippen molar-refractivity contribution in [3.05, 3.63) is 69.5 Å². The number of phenols is 1. The van der Waals surface area contributed by atoms with E-state index in [0.29, 0.717) is 26.9 Å². The molecule has 0 atom stereocenters. The van der Waals surface area contributed by atoms with Gasteiger partial charge in [-0.05, 0) is 35.9 Å². The third kappa shape index (κ3) is 3.42. The molecule has 0 aliphatic heterocycles. The molecule has 0 fully saturated rings. The molecule has 3 nitrogen and oxygen atoms in total. The van der Waals surface area contributed by atoms with Crippen LogP contribution in [-0.4, -0.2) is 10.1 Å². The number of hydrogen-bond donors (Lipinski definition) is 1. The zero-order valence-corrected chi connectivity index (χ0v) is 13.5. The van der Waals surface area contributed by atoms with Gasteiger partial charge in [-0.2, -0.15) is 5.26 Å². The molecule has 0 amide bonds. The highest BCUT2D eigenvalue weighted by Gasteiger charge is 2.11. The van der Waals surface area contributed by atoms with Gasteiger partial charge in [0.2, 0.25) is 0 Å². The predicted octanol–water partition coefficient (Wildman–Crippen LogP) is 5.23. The second-order valence-electron chi connectivity index (χ2n) is 4.78. The molecule has 2 aromatic carbocycles. The van der Waals surface area contributed by atoms with Crippen molar-refractivity contribution in [2.24, 2.45) is 0 Å². The Morgan fingerprint density at radius 1 is 1.17 bits per heavy atom. The van der Waals surface area contributed by atoms with Gasteiger partial charge in [0.05, 0.1) is 11.3 Å². The summed E-state index contributed by atoms with van der Waals surface area (Å²) in [6.45, 7) is 0. The average molecular weight is 339 g/mol. The first kappa shape index (κ1) is 15.3. The average Bonchev–Trinajstić information content (AvgIpc) is 3.04. The number of para-hydroxylation sites is 1. The van der Waals surface area contributed by atoms with Crippen LogP contribution in [0.15, 0.2) is 53.9 Å². The number of hydrogen-bond acceptors (Lipinski definition) is 4. The van der Waals surface area contributed by atoms with E-state index < -0.39 is 0 Å². The highest BCUT2D eigenvalue weighted by atomic mass is 35.5. The van der Waals surface area contributed by atoms with Gasteiger partial charge in [0.15, 0.2) is 0 Å². The minimum Gasteiger partial charge on any atom is -0.507 e. The van der Waals surface area contributed by atoms with E-state index in [2.05, 4.69) is 11.1 Å². The van der Waals surface area contributed by atoms with E-state index in [0.717, 1.165) is 5.56 Å². The summed E-state index contributed by atoms with van der Waals surface area (Å²) in [5, 5.41) is 22.4. The van der Waals surface area contributed by atoms with Gasteiger partial charge in [-0.1, -0.05) is 35.9 Å². The van der Waals surface area contributed by atoms with E-state index in [4.69, 9.17) is 11.6 Å². The molecule has 0 unspecified atom stereocenters. The number of rotatable bonds is 3. The number of nitrogens with zero attached hydrogens (tertiary/aromatic N) is 2. The lowest BCUT2D eigenvalue weighted by Crippen LogP contribution is -1.83. The zero-order valence-electron chi connectivity index (χ0n) is 11.9. The lowest BCUT2D eigenvalue weighted by molar-refractivity contribution is 0.477. The van der Waals surface area contributed by atoms with Crippen molar-refractivity contribution >= 4 is 34.6 Å². The minimum atomic E-state index is 0.171. The predicted molar refractivity (Wildman–Crippen MR) is 94.2 cm³/mol. The first-order valence-corrected chi connectivity index (χ1v) is 8.05. The third-order valence-corrected chi connectivity index (χ3v) is 4.34. The molecule has 0 saturated carbocycles. The lowest BCUT2D eigenvalue weighted by Gasteiger charge is -1.99. The van der Waals surface area contributed by atoms with Crippen molar-refractivity contribution in [2.45, 2.75) is 0 Å². The molecule has 1 aromatic heterocycles. The maximum Gasteiger partial charge on any atom is 0.134 e. The van der Waals surface area contributed by atoms with Gasteiger partial charge in [0, 0.05) is 16.0 Å². The van der Waals surface area contributed by atoms with Crippen LogP contribution in [-0.2, 0) is 0 Å². The molecule has 0 saturated heterocycles. The Morgan fingerprint density at radius 3 is 2.61 bits per heavy atom. The van der Waals surface area contributed by atoms with Gasteiger partial charge in [-0.15, -0.1) is 11.3 Å². The number of aromatic hydroxyl groups is 1. The Balaban J connectivity index is 1.96. The number of aromatic nitrogens is 1. The van der Waals surface area contributed by atoms with Crippen LogP contribution >= 0.6 is 22.9 Å². The Kier molecular flexibility index (Phi) is 4.42. The minimum absolute atomic E-state index is 0.171. The number of benzene rings is 2. The molecule has 0 bridgehead atoms. The molecule has 3 aromatic rings. The Morgan fingerprint density at radius 2 is 1.91 bits per heavy atom. The fourth-order valence-electron chi connectivity index (χ4n) is 2.08. The van der Waals surface area contributed by atoms with Crippen LogP contribution in [0, 0.1) is 11.3 Å². The van der Waals surface area contributed by atoms with E-state index in [1.54, 1.807) is 36.4 Å². The first-order valence-electron chi connectivity index (χ1n) is 6.79. The molecular formula is C18H11ClN2OS. The van der Waals surface area contributed by atoms with E-state index in [-0.39, 0.29) is 5.75 Å². The van der Waals surface area contributed by atoms with Crippen molar-refractivity contribution in [2.75, 3.05) is 0 Å². The maximum atomic E-state index is 9.90. The van der Waals surface area contributed by atoms with Gasteiger partial charge >= 0.3 is 0 Å². The molecule has 5 heteroatoms. The van der Waals surface area contributed by atoms with Crippen LogP contribution in [0.2, 0.25) is 5.02 Å². The molecule has 112 valence electrons. The summed E-state index contributed by atoms with van der Waals surface area (Å²) < 4.78 is 0. The van der Waals surface area contributed by atoms with Crippen LogP contribution < -0.4 is 0 Å². The van der Waals surface area contributed by atoms with Crippen molar-refractivity contribution in [3.63, 3.8) is 0 Å². The number of nitriles is 1. The summed E-state index contributed by atoms with van der Waals surface area (Å²) in [4.78, 5) is 4.47. The van der Waals surface area contributed by atoms with Crippen molar-refractivity contribution in [1.29, 1.82) is 5.26 Å². The number of allylic oxidation sites excluding steroid dienone is 1. The Bertz CT molecular complexity index is 907. The van der Waals surface area contributed by atoms with Crippen LogP contribution in [0.5, 0.6) is 5.75 Å². The second kappa shape index (κ2) is 6.66. The lowest BCUT2D eigenvalue weighted by atomic mass is 10.1. The number of thiazole rings is 1. The molecule has 1 N–H and O–H groups in total. The zero-order chi connectivity index (χ0) is 16.2. The smallest absolute Gasteiger partial charge is 0.134 e. The summed E-state index contributed by atoms with van der Waals surface area (Å²) in [6, 6.07) is 16.4. The van der Waals surface area contributed by atoms with Gasteiger partial charge in [-0.25, -0.2) is 4.98 Å². The van der Waals surface area contributed by atoms with Crippen LogP contribution in [0.4, 0.5) is 0 Å². The van der Waals surface area contributed by atoms with Gasteiger partial charge < -0.3 is 5.11 Å². The Labute approximate surface area is 142 Å². The van der Waals surface area contributed by atoms with Gasteiger partial charge in [-0.3, -0.25) is 0 Å². The molecule has 0 spiro atoms. The fourth-order valence-corrected chi connectivity index (χ4v) is 2.99. The van der Waals surface area contributed by atoms with Gasteiger partial charge in [0.25, 0.3) is 0 Å². The van der Waals surface area contributed by atoms with Crippen LogP contribution in [0.1, 0.15) is 10.6 Å². The van der Waals surface area contributed by atoms with E-state index in [9.17, 15) is 10.4 Å². The molecule has 3 rings (SSSR count). The first-order chi connectivity index (χ1) is 11.2. The number of halogens is 1. The summed E-state index contributed by atoms with van der Waals surface area (Å²) in [5.41, 5.74) is 2.66. The van der Waals surface area contributed by atoms with E-state index in [1.165, 1.54) is 11.3 Å². The largest absolute Gasteiger partial charge is 0.507 e. The molecule has 0 radical (unpaired) electrons. The quantitative estimate of drug-likeness (QED) is 0.665. The van der Waals surface area contributed by atoms with Gasteiger partial charge in [0.1, 0.15) is 16.8 Å². The highest BCUT2D eigenvalue weighted by molar-refractivity contribution is 7.11. The van der Waals surface area contributed by atoms with Crippen molar-refractivity contribution in [3.8, 4) is 23.1 Å². The number of phenolic OH excluding ortho intramolecular Hbond substituents is 1. The monoisotopic (exact) mass is 338 g/mol. The SMILES string of the molecule is N#CC(=Cc1ccc(Cl)cc1)c1nc(-c2ccccc2O)cs1. The normalized spacial score (nSPS) is 11.2. The van der Waals surface area contributed by atoms with Crippen molar-refractivity contribution < 1.29 is 5.11 Å². The highest BCUT2D eigenvalue weighted by Crippen LogP contribution is 2.32. The summed E-state index contributed by atoms with van der Waals surface area (Å²) in [5.74, 6) is 0.171. The molecule has 1 heterocycles. The van der Waals surface area contributed by atoms with E-state index in [1.807, 2.05) is 23.6 Å². The molecule has 0 aliphatic rings. The topological polar surface area (TPSA) is 56.9 Å². The Hall–Kier alpha value is -2.61.